The lowest BCUT2D eigenvalue weighted by molar-refractivity contribution is 0.0950. The van der Waals surface area contributed by atoms with Crippen molar-refractivity contribution in [2.45, 2.75) is 25.3 Å². The second-order valence-electron chi connectivity index (χ2n) is 5.91. The van der Waals surface area contributed by atoms with Crippen LogP contribution >= 0.6 is 0 Å². The smallest absolute Gasteiger partial charge is 0.251 e. The Morgan fingerprint density at radius 1 is 1.29 bits per heavy atom. The predicted molar refractivity (Wildman–Crippen MR) is 91.2 cm³/mol. The number of nitrogens with zero attached hydrogens (tertiary/aromatic N) is 3. The van der Waals surface area contributed by atoms with E-state index in [1.165, 1.54) is 20.2 Å². The number of aromatic nitrogens is 2. The lowest BCUT2D eigenvalue weighted by atomic mass is 10.1. The normalized spacial score (nSPS) is 11.8. The number of benzene rings is 1. The Bertz CT molecular complexity index is 869. The molecule has 1 amide bonds. The molecule has 0 unspecified atom stereocenters. The van der Waals surface area contributed by atoms with Crippen molar-refractivity contribution in [1.82, 2.24) is 19.4 Å². The lowest BCUT2D eigenvalue weighted by Crippen LogP contribution is -2.26. The lowest BCUT2D eigenvalue weighted by Gasteiger charge is -2.16. The Hall–Kier alpha value is -2.19. The second-order valence-corrected chi connectivity index (χ2v) is 8.03. The fourth-order valence-corrected chi connectivity index (χ4v) is 3.49. The van der Waals surface area contributed by atoms with Crippen molar-refractivity contribution in [1.29, 1.82) is 0 Å². The van der Waals surface area contributed by atoms with E-state index in [0.717, 1.165) is 15.4 Å². The van der Waals surface area contributed by atoms with E-state index in [-0.39, 0.29) is 10.8 Å². The minimum absolute atomic E-state index is 0.152. The average molecular weight is 350 g/mol. The minimum Gasteiger partial charge on any atom is -0.348 e. The van der Waals surface area contributed by atoms with Gasteiger partial charge in [-0.05, 0) is 37.1 Å². The van der Waals surface area contributed by atoms with E-state index in [1.54, 1.807) is 37.8 Å². The Labute approximate surface area is 142 Å². The van der Waals surface area contributed by atoms with E-state index in [2.05, 4.69) is 10.4 Å². The number of carbonyl (C=O) groups is 1. The molecular weight excluding hydrogens is 328 g/mol. The van der Waals surface area contributed by atoms with Gasteiger partial charge in [0, 0.05) is 45.0 Å². The molecule has 1 N–H and O–H groups in total. The first-order chi connectivity index (χ1) is 11.1. The third-order valence-electron chi connectivity index (χ3n) is 3.85. The molecule has 0 spiro atoms. The largest absolute Gasteiger partial charge is 0.348 e. The standard InChI is InChI=1S/C16H22N4O3S/c1-11-6-14(7-15(12(11)2)24(22,23)19(3)4)16(21)17-8-13-9-18-20(5)10-13/h6-7,9-10H,8H2,1-5H3,(H,17,21). The maximum Gasteiger partial charge on any atom is 0.251 e. The Morgan fingerprint density at radius 3 is 2.50 bits per heavy atom. The number of carbonyl (C=O) groups excluding carboxylic acids is 1. The zero-order chi connectivity index (χ0) is 18.1. The molecule has 0 saturated heterocycles. The van der Waals surface area contributed by atoms with Crippen LogP contribution < -0.4 is 5.32 Å². The summed E-state index contributed by atoms with van der Waals surface area (Å²) < 4.78 is 27.7. The highest BCUT2D eigenvalue weighted by Crippen LogP contribution is 2.23. The van der Waals surface area contributed by atoms with E-state index in [9.17, 15) is 13.2 Å². The maximum atomic E-state index is 12.4. The third kappa shape index (κ3) is 3.65. The first kappa shape index (κ1) is 18.2. The summed E-state index contributed by atoms with van der Waals surface area (Å²) in [6, 6.07) is 3.12. The van der Waals surface area contributed by atoms with Crippen LogP contribution in [-0.4, -0.2) is 42.5 Å². The van der Waals surface area contributed by atoms with E-state index in [1.807, 2.05) is 6.20 Å². The highest BCUT2D eigenvalue weighted by Gasteiger charge is 2.22. The molecule has 130 valence electrons. The zero-order valence-electron chi connectivity index (χ0n) is 14.5. The molecule has 2 aromatic rings. The molecule has 0 bridgehead atoms. The topological polar surface area (TPSA) is 84.3 Å². The SMILES string of the molecule is Cc1cc(C(=O)NCc2cnn(C)c2)cc(S(=O)(=O)N(C)C)c1C. The Balaban J connectivity index is 2.30. The van der Waals surface area contributed by atoms with Crippen LogP contribution in [0.15, 0.2) is 29.4 Å². The molecule has 1 aromatic heterocycles. The molecular formula is C16H22N4O3S. The summed E-state index contributed by atoms with van der Waals surface area (Å²) in [5, 5.41) is 6.82. The number of sulfonamides is 1. The molecule has 0 aliphatic rings. The van der Waals surface area contributed by atoms with Crippen LogP contribution in [0.25, 0.3) is 0 Å². The highest BCUT2D eigenvalue weighted by atomic mass is 32.2. The number of aryl methyl sites for hydroxylation is 2. The van der Waals surface area contributed by atoms with Crippen molar-refractivity contribution in [3.05, 3.63) is 46.8 Å². The molecule has 0 atom stereocenters. The van der Waals surface area contributed by atoms with Crippen molar-refractivity contribution >= 4 is 15.9 Å². The molecule has 0 aliphatic heterocycles. The van der Waals surface area contributed by atoms with Crippen molar-refractivity contribution < 1.29 is 13.2 Å². The summed E-state index contributed by atoms with van der Waals surface area (Å²) in [5.74, 6) is -0.322. The Kier molecular flexibility index (Phi) is 5.10. The minimum atomic E-state index is -3.61. The molecule has 0 saturated carbocycles. The van der Waals surface area contributed by atoms with Crippen LogP contribution in [0, 0.1) is 13.8 Å². The summed E-state index contributed by atoms with van der Waals surface area (Å²) in [6.45, 7) is 3.86. The monoisotopic (exact) mass is 350 g/mol. The van der Waals surface area contributed by atoms with Crippen LogP contribution in [0.1, 0.15) is 27.0 Å². The number of hydrogen-bond acceptors (Lipinski definition) is 4. The summed E-state index contributed by atoms with van der Waals surface area (Å²) in [6.07, 6.45) is 3.48. The van der Waals surface area contributed by atoms with Gasteiger partial charge in [-0.25, -0.2) is 12.7 Å². The average Bonchev–Trinajstić information content (AvgIpc) is 2.92. The summed E-state index contributed by atoms with van der Waals surface area (Å²) in [5.41, 5.74) is 2.59. The molecule has 24 heavy (non-hydrogen) atoms. The number of amides is 1. The van der Waals surface area contributed by atoms with Gasteiger partial charge in [0.25, 0.3) is 5.91 Å². The van der Waals surface area contributed by atoms with Gasteiger partial charge in [0.1, 0.15) is 0 Å². The van der Waals surface area contributed by atoms with E-state index >= 15 is 0 Å². The molecule has 8 heteroatoms. The first-order valence-corrected chi connectivity index (χ1v) is 8.86. The van der Waals surface area contributed by atoms with E-state index in [4.69, 9.17) is 0 Å². The fraction of sp³-hybridized carbons (Fsp3) is 0.375. The van der Waals surface area contributed by atoms with Crippen molar-refractivity contribution in [2.24, 2.45) is 7.05 Å². The highest BCUT2D eigenvalue weighted by molar-refractivity contribution is 7.89. The molecule has 2 rings (SSSR count). The van der Waals surface area contributed by atoms with Crippen molar-refractivity contribution in [3.63, 3.8) is 0 Å². The number of hydrogen-bond donors (Lipinski definition) is 1. The fourth-order valence-electron chi connectivity index (χ4n) is 2.27. The van der Waals surface area contributed by atoms with Crippen LogP contribution in [0.2, 0.25) is 0 Å². The van der Waals surface area contributed by atoms with Gasteiger partial charge in [0.15, 0.2) is 0 Å². The quantitative estimate of drug-likeness (QED) is 0.879. The molecule has 0 fully saturated rings. The summed E-state index contributed by atoms with van der Waals surface area (Å²) >= 11 is 0. The molecule has 1 aromatic carbocycles. The van der Waals surface area contributed by atoms with Gasteiger partial charge in [-0.3, -0.25) is 9.48 Å². The summed E-state index contributed by atoms with van der Waals surface area (Å²) in [7, 11) is 1.13. The van der Waals surface area contributed by atoms with Gasteiger partial charge in [-0.2, -0.15) is 5.10 Å². The predicted octanol–water partition coefficient (Wildman–Crippen LogP) is 1.22. The van der Waals surface area contributed by atoms with Crippen LogP contribution in [0.3, 0.4) is 0 Å². The zero-order valence-corrected chi connectivity index (χ0v) is 15.3. The van der Waals surface area contributed by atoms with Gasteiger partial charge in [0.2, 0.25) is 10.0 Å². The van der Waals surface area contributed by atoms with Crippen LogP contribution in [0.4, 0.5) is 0 Å². The van der Waals surface area contributed by atoms with Crippen molar-refractivity contribution in [3.8, 4) is 0 Å². The summed E-state index contributed by atoms with van der Waals surface area (Å²) in [4.78, 5) is 12.5. The third-order valence-corrected chi connectivity index (χ3v) is 5.79. The van der Waals surface area contributed by atoms with Crippen LogP contribution in [0.5, 0.6) is 0 Å². The molecule has 0 aliphatic carbocycles. The first-order valence-electron chi connectivity index (χ1n) is 7.42. The van der Waals surface area contributed by atoms with Gasteiger partial charge < -0.3 is 5.32 Å². The Morgan fingerprint density at radius 2 is 1.96 bits per heavy atom. The van der Waals surface area contributed by atoms with E-state index in [0.29, 0.717) is 17.7 Å². The van der Waals surface area contributed by atoms with Crippen LogP contribution in [-0.2, 0) is 23.6 Å². The maximum absolute atomic E-state index is 12.4. The van der Waals surface area contributed by atoms with Gasteiger partial charge in [-0.15, -0.1) is 0 Å². The second kappa shape index (κ2) is 6.74. The van der Waals surface area contributed by atoms with Crippen molar-refractivity contribution in [2.75, 3.05) is 14.1 Å². The molecule has 7 nitrogen and oxygen atoms in total. The molecule has 1 heterocycles. The van der Waals surface area contributed by atoms with Gasteiger partial charge in [-0.1, -0.05) is 0 Å². The number of nitrogens with one attached hydrogen (secondary N) is 1. The van der Waals surface area contributed by atoms with Gasteiger partial charge in [0.05, 0.1) is 11.1 Å². The van der Waals surface area contributed by atoms with E-state index < -0.39 is 10.0 Å². The number of rotatable bonds is 5. The van der Waals surface area contributed by atoms with Gasteiger partial charge >= 0.3 is 0 Å². The molecule has 0 radical (unpaired) electrons.